The van der Waals surface area contributed by atoms with Crippen molar-refractivity contribution in [3.05, 3.63) is 56.5 Å². The minimum Gasteiger partial charge on any atom is -0.467 e. The van der Waals surface area contributed by atoms with Gasteiger partial charge in [-0.25, -0.2) is 18.4 Å². The molecule has 0 aliphatic rings. The third kappa shape index (κ3) is 6.34. The molecule has 0 radical (unpaired) electrons. The molecule has 0 bridgehead atoms. The molecule has 1 amide bonds. The van der Waals surface area contributed by atoms with Crippen LogP contribution in [0.1, 0.15) is 33.4 Å². The van der Waals surface area contributed by atoms with Gasteiger partial charge >= 0.3 is 5.97 Å². The summed E-state index contributed by atoms with van der Waals surface area (Å²) in [6, 6.07) is 4.15. The summed E-state index contributed by atoms with van der Waals surface area (Å²) in [4.78, 5) is 41.0. The van der Waals surface area contributed by atoms with E-state index in [-0.39, 0.29) is 30.9 Å². The SMILES string of the molecule is CCN(CCO[N+](=O)[O-])C(=O)c1c(Cl)c(S(N)(=O)=O)cc(C(=O)OC)c1NCc1ccco1. The van der Waals surface area contributed by atoms with Gasteiger partial charge in [-0.1, -0.05) is 11.6 Å². The number of likely N-dealkylation sites (N-methyl/N-ethyl adjacent to an activating group) is 1. The molecule has 180 valence electrons. The number of ether oxygens (including phenoxy) is 1. The van der Waals surface area contributed by atoms with E-state index >= 15 is 0 Å². The number of amides is 1. The Hall–Kier alpha value is -3.36. The van der Waals surface area contributed by atoms with Crippen LogP contribution < -0.4 is 10.5 Å². The van der Waals surface area contributed by atoms with Crippen LogP contribution in [0.3, 0.4) is 0 Å². The van der Waals surface area contributed by atoms with Crippen LogP contribution in [0.5, 0.6) is 0 Å². The molecule has 1 heterocycles. The molecule has 15 heteroatoms. The average molecular weight is 505 g/mol. The average Bonchev–Trinajstić information content (AvgIpc) is 3.26. The molecule has 33 heavy (non-hydrogen) atoms. The first kappa shape index (κ1) is 25.9. The van der Waals surface area contributed by atoms with Crippen molar-refractivity contribution in [2.24, 2.45) is 5.14 Å². The number of nitrogens with two attached hydrogens (primary N) is 1. The van der Waals surface area contributed by atoms with Gasteiger partial charge in [-0.2, -0.15) is 0 Å². The van der Waals surface area contributed by atoms with Crippen LogP contribution in [0.15, 0.2) is 33.8 Å². The van der Waals surface area contributed by atoms with Gasteiger partial charge in [-0.15, -0.1) is 10.1 Å². The normalized spacial score (nSPS) is 11.0. The van der Waals surface area contributed by atoms with E-state index < -0.39 is 49.1 Å². The summed E-state index contributed by atoms with van der Waals surface area (Å²) >= 11 is 6.30. The minimum absolute atomic E-state index is 0.00111. The Morgan fingerprint density at radius 2 is 2.09 bits per heavy atom. The monoisotopic (exact) mass is 504 g/mol. The lowest BCUT2D eigenvalue weighted by atomic mass is 10.0. The van der Waals surface area contributed by atoms with Crippen molar-refractivity contribution in [3.63, 3.8) is 0 Å². The van der Waals surface area contributed by atoms with Gasteiger partial charge < -0.3 is 24.2 Å². The smallest absolute Gasteiger partial charge is 0.340 e. The molecule has 0 aliphatic carbocycles. The van der Waals surface area contributed by atoms with Crippen LogP contribution in [0.2, 0.25) is 5.02 Å². The molecule has 0 saturated heterocycles. The van der Waals surface area contributed by atoms with Crippen LogP contribution >= 0.6 is 11.6 Å². The minimum atomic E-state index is -4.46. The maximum Gasteiger partial charge on any atom is 0.340 e. The number of primary sulfonamides is 1. The zero-order valence-corrected chi connectivity index (χ0v) is 19.1. The number of methoxy groups -OCH3 is 1. The van der Waals surface area contributed by atoms with Crippen molar-refractivity contribution in [2.45, 2.75) is 18.4 Å². The fraction of sp³-hybridized carbons (Fsp3) is 0.333. The maximum atomic E-state index is 13.4. The number of halogens is 1. The molecule has 0 spiro atoms. The van der Waals surface area contributed by atoms with Gasteiger partial charge in [0, 0.05) is 13.1 Å². The Bertz CT molecular complexity index is 1140. The van der Waals surface area contributed by atoms with Crippen molar-refractivity contribution < 1.29 is 37.1 Å². The Balaban J connectivity index is 2.67. The number of anilines is 1. The number of carbonyl (C=O) groups excluding carboxylic acids is 2. The summed E-state index contributed by atoms with van der Waals surface area (Å²) in [5.74, 6) is -1.36. The van der Waals surface area contributed by atoms with Crippen molar-refractivity contribution in [2.75, 3.05) is 32.1 Å². The fourth-order valence-corrected chi connectivity index (χ4v) is 4.06. The lowest BCUT2D eigenvalue weighted by molar-refractivity contribution is -0.757. The molecule has 0 saturated carbocycles. The first-order chi connectivity index (χ1) is 15.5. The Kier molecular flexibility index (Phi) is 8.62. The number of benzene rings is 1. The molecule has 13 nitrogen and oxygen atoms in total. The highest BCUT2D eigenvalue weighted by Crippen LogP contribution is 2.36. The van der Waals surface area contributed by atoms with Gasteiger partial charge in [0.1, 0.15) is 17.3 Å². The van der Waals surface area contributed by atoms with Crippen LogP contribution in [0, 0.1) is 10.1 Å². The van der Waals surface area contributed by atoms with Gasteiger partial charge in [-0.3, -0.25) is 4.79 Å². The van der Waals surface area contributed by atoms with E-state index in [0.29, 0.717) is 5.76 Å². The third-order valence-corrected chi connectivity index (χ3v) is 5.84. The molecular formula is C18H21ClN4O9S. The largest absolute Gasteiger partial charge is 0.467 e. The lowest BCUT2D eigenvalue weighted by Crippen LogP contribution is -2.35. The highest BCUT2D eigenvalue weighted by atomic mass is 35.5. The molecule has 0 fully saturated rings. The van der Waals surface area contributed by atoms with Crippen molar-refractivity contribution in [1.82, 2.24) is 4.90 Å². The van der Waals surface area contributed by atoms with Crippen LogP contribution in [0.25, 0.3) is 0 Å². The highest BCUT2D eigenvalue weighted by Gasteiger charge is 2.31. The Morgan fingerprint density at radius 3 is 2.61 bits per heavy atom. The fourth-order valence-electron chi connectivity index (χ4n) is 2.87. The van der Waals surface area contributed by atoms with Crippen molar-refractivity contribution in [3.8, 4) is 0 Å². The number of furan rings is 1. The number of esters is 1. The summed E-state index contributed by atoms with van der Waals surface area (Å²) in [6.45, 7) is 0.966. The van der Waals surface area contributed by atoms with E-state index in [1.807, 2.05) is 0 Å². The predicted octanol–water partition coefficient (Wildman–Crippen LogP) is 1.65. The van der Waals surface area contributed by atoms with Crippen LogP contribution in [0.4, 0.5) is 5.69 Å². The summed E-state index contributed by atoms with van der Waals surface area (Å²) in [7, 11) is -3.39. The van der Waals surface area contributed by atoms with E-state index in [2.05, 4.69) is 10.2 Å². The third-order valence-electron chi connectivity index (χ3n) is 4.40. The summed E-state index contributed by atoms with van der Waals surface area (Å²) in [6.07, 6.45) is 1.41. The first-order valence-electron chi connectivity index (χ1n) is 9.31. The van der Waals surface area contributed by atoms with Crippen LogP contribution in [-0.4, -0.2) is 57.1 Å². The van der Waals surface area contributed by atoms with E-state index in [9.17, 15) is 28.1 Å². The van der Waals surface area contributed by atoms with E-state index in [1.165, 1.54) is 6.26 Å². The highest BCUT2D eigenvalue weighted by molar-refractivity contribution is 7.89. The number of hydrogen-bond donors (Lipinski definition) is 2. The second-order valence-electron chi connectivity index (χ2n) is 6.40. The lowest BCUT2D eigenvalue weighted by Gasteiger charge is -2.24. The molecule has 0 unspecified atom stereocenters. The molecule has 2 aromatic rings. The van der Waals surface area contributed by atoms with Crippen LogP contribution in [-0.2, 0) is 26.1 Å². The Morgan fingerprint density at radius 1 is 1.39 bits per heavy atom. The number of carbonyl (C=O) groups is 2. The van der Waals surface area contributed by atoms with E-state index in [4.69, 9.17) is 25.9 Å². The predicted molar refractivity (Wildman–Crippen MR) is 115 cm³/mol. The zero-order valence-electron chi connectivity index (χ0n) is 17.6. The molecule has 1 aromatic carbocycles. The molecule has 3 N–H and O–H groups in total. The van der Waals surface area contributed by atoms with E-state index in [1.54, 1.807) is 19.1 Å². The zero-order chi connectivity index (χ0) is 24.8. The van der Waals surface area contributed by atoms with Gasteiger partial charge in [0.25, 0.3) is 11.0 Å². The number of rotatable bonds is 11. The van der Waals surface area contributed by atoms with Gasteiger partial charge in [-0.05, 0) is 25.1 Å². The second-order valence-corrected chi connectivity index (χ2v) is 8.31. The molecule has 2 rings (SSSR count). The van der Waals surface area contributed by atoms with Crippen molar-refractivity contribution >= 4 is 39.2 Å². The summed E-state index contributed by atoms with van der Waals surface area (Å²) in [5.41, 5.74) is -0.842. The number of hydrogen-bond acceptors (Lipinski definition) is 10. The van der Waals surface area contributed by atoms with Gasteiger partial charge in [0.15, 0.2) is 0 Å². The van der Waals surface area contributed by atoms with Gasteiger partial charge in [0.05, 0.1) is 41.8 Å². The quantitative estimate of drug-likeness (QED) is 0.259. The number of nitrogens with one attached hydrogen (secondary N) is 1. The Labute approximate surface area is 193 Å². The molecule has 0 atom stereocenters. The molecule has 0 aliphatic heterocycles. The summed E-state index contributed by atoms with van der Waals surface area (Å²) < 4.78 is 34.2. The maximum absolute atomic E-state index is 13.4. The standard InChI is InChI=1S/C18H21ClN4O9S/c1-3-22(6-8-32-23(26)27)17(24)14-15(19)13(33(20,28)29)9-12(18(25)30-2)16(14)21-10-11-5-4-7-31-11/h4-5,7,9,21H,3,6,8,10H2,1-2H3,(H2,20,28,29). The second kappa shape index (κ2) is 11.0. The molecular weight excluding hydrogens is 484 g/mol. The van der Waals surface area contributed by atoms with E-state index in [0.717, 1.165) is 18.1 Å². The first-order valence-corrected chi connectivity index (χ1v) is 11.2. The molecule has 1 aromatic heterocycles. The van der Waals surface area contributed by atoms with Gasteiger partial charge in [0.2, 0.25) is 10.0 Å². The van der Waals surface area contributed by atoms with Crippen molar-refractivity contribution in [1.29, 1.82) is 0 Å². The summed E-state index contributed by atoms with van der Waals surface area (Å²) in [5, 5.41) is 17.0. The topological polar surface area (TPSA) is 184 Å². The number of nitrogens with zero attached hydrogens (tertiary/aromatic N) is 2. The number of sulfonamides is 1.